The summed E-state index contributed by atoms with van der Waals surface area (Å²) in [5, 5.41) is 3.30. The molecule has 0 spiro atoms. The second kappa shape index (κ2) is 5.96. The van der Waals surface area contributed by atoms with Crippen LogP contribution in [-0.4, -0.2) is 22.6 Å². The number of hydrogen-bond donors (Lipinski definition) is 2. The van der Waals surface area contributed by atoms with Crippen LogP contribution in [0.15, 0.2) is 48.9 Å². The first-order chi connectivity index (χ1) is 8.38. The van der Waals surface area contributed by atoms with Crippen LogP contribution in [-0.2, 0) is 6.42 Å². The van der Waals surface area contributed by atoms with E-state index >= 15 is 0 Å². The van der Waals surface area contributed by atoms with E-state index in [0.717, 1.165) is 12.2 Å². The summed E-state index contributed by atoms with van der Waals surface area (Å²) in [6.07, 6.45) is 4.13. The SMILES string of the molecule is NCC(Cc1ccccc1)Nc1ccncn1. The van der Waals surface area contributed by atoms with Gasteiger partial charge in [-0.05, 0) is 18.1 Å². The zero-order valence-electron chi connectivity index (χ0n) is 9.58. The molecule has 2 aromatic rings. The van der Waals surface area contributed by atoms with Gasteiger partial charge >= 0.3 is 0 Å². The van der Waals surface area contributed by atoms with Crippen molar-refractivity contribution < 1.29 is 0 Å². The number of rotatable bonds is 5. The van der Waals surface area contributed by atoms with E-state index in [1.54, 1.807) is 6.20 Å². The fourth-order valence-corrected chi connectivity index (χ4v) is 1.68. The van der Waals surface area contributed by atoms with Crippen molar-refractivity contribution in [3.05, 3.63) is 54.5 Å². The Morgan fingerprint density at radius 3 is 2.65 bits per heavy atom. The molecule has 1 aromatic carbocycles. The summed E-state index contributed by atoms with van der Waals surface area (Å²) < 4.78 is 0. The Kier molecular flexibility index (Phi) is 4.05. The highest BCUT2D eigenvalue weighted by atomic mass is 15.0. The molecule has 88 valence electrons. The van der Waals surface area contributed by atoms with E-state index in [1.165, 1.54) is 11.9 Å². The largest absolute Gasteiger partial charge is 0.366 e. The molecule has 4 heteroatoms. The summed E-state index contributed by atoms with van der Waals surface area (Å²) in [5.74, 6) is 0.811. The van der Waals surface area contributed by atoms with Gasteiger partial charge in [0.15, 0.2) is 0 Å². The fourth-order valence-electron chi connectivity index (χ4n) is 1.68. The van der Waals surface area contributed by atoms with E-state index in [0.29, 0.717) is 6.54 Å². The van der Waals surface area contributed by atoms with Crippen molar-refractivity contribution in [2.45, 2.75) is 12.5 Å². The van der Waals surface area contributed by atoms with Gasteiger partial charge in [-0.15, -0.1) is 0 Å². The summed E-state index contributed by atoms with van der Waals surface area (Å²) >= 11 is 0. The second-order valence-corrected chi connectivity index (χ2v) is 3.86. The van der Waals surface area contributed by atoms with Crippen molar-refractivity contribution in [3.63, 3.8) is 0 Å². The lowest BCUT2D eigenvalue weighted by atomic mass is 10.1. The molecule has 0 aliphatic heterocycles. The smallest absolute Gasteiger partial charge is 0.129 e. The molecule has 0 radical (unpaired) electrons. The number of hydrogen-bond acceptors (Lipinski definition) is 4. The van der Waals surface area contributed by atoms with Crippen LogP contribution in [0.25, 0.3) is 0 Å². The highest BCUT2D eigenvalue weighted by Gasteiger charge is 2.07. The topological polar surface area (TPSA) is 63.8 Å². The van der Waals surface area contributed by atoms with Gasteiger partial charge in [-0.1, -0.05) is 30.3 Å². The molecule has 1 heterocycles. The average Bonchev–Trinajstić information content (AvgIpc) is 2.40. The van der Waals surface area contributed by atoms with Crippen molar-refractivity contribution in [2.24, 2.45) is 5.73 Å². The van der Waals surface area contributed by atoms with Gasteiger partial charge in [0, 0.05) is 18.8 Å². The van der Waals surface area contributed by atoms with Gasteiger partial charge in [-0.3, -0.25) is 0 Å². The van der Waals surface area contributed by atoms with E-state index in [1.807, 2.05) is 24.3 Å². The van der Waals surface area contributed by atoms with E-state index in [2.05, 4.69) is 27.4 Å². The Morgan fingerprint density at radius 2 is 2.00 bits per heavy atom. The van der Waals surface area contributed by atoms with Gasteiger partial charge in [0.1, 0.15) is 12.1 Å². The Hall–Kier alpha value is -1.94. The summed E-state index contributed by atoms with van der Waals surface area (Å²) in [5.41, 5.74) is 7.03. The van der Waals surface area contributed by atoms with Crippen LogP contribution < -0.4 is 11.1 Å². The zero-order chi connectivity index (χ0) is 11.9. The maximum absolute atomic E-state index is 5.76. The zero-order valence-corrected chi connectivity index (χ0v) is 9.58. The molecule has 17 heavy (non-hydrogen) atoms. The minimum Gasteiger partial charge on any atom is -0.366 e. The highest BCUT2D eigenvalue weighted by Crippen LogP contribution is 2.07. The van der Waals surface area contributed by atoms with Crippen LogP contribution in [0.5, 0.6) is 0 Å². The normalized spacial score (nSPS) is 12.1. The molecule has 0 aliphatic carbocycles. The first kappa shape index (κ1) is 11.5. The number of benzene rings is 1. The predicted molar refractivity (Wildman–Crippen MR) is 68.6 cm³/mol. The van der Waals surface area contributed by atoms with Gasteiger partial charge < -0.3 is 11.1 Å². The lowest BCUT2D eigenvalue weighted by Gasteiger charge is -2.17. The third-order valence-electron chi connectivity index (χ3n) is 2.54. The van der Waals surface area contributed by atoms with Gasteiger partial charge in [0.05, 0.1) is 0 Å². The summed E-state index contributed by atoms with van der Waals surface area (Å²) in [4.78, 5) is 8.01. The first-order valence-corrected chi connectivity index (χ1v) is 5.65. The lowest BCUT2D eigenvalue weighted by Crippen LogP contribution is -2.31. The van der Waals surface area contributed by atoms with Crippen LogP contribution in [0.4, 0.5) is 5.82 Å². The molecule has 4 nitrogen and oxygen atoms in total. The van der Waals surface area contributed by atoms with Crippen LogP contribution in [0.3, 0.4) is 0 Å². The molecule has 1 unspecified atom stereocenters. The molecular formula is C13H16N4. The van der Waals surface area contributed by atoms with E-state index in [9.17, 15) is 0 Å². The van der Waals surface area contributed by atoms with Crippen LogP contribution in [0.2, 0.25) is 0 Å². The molecule has 0 fully saturated rings. The predicted octanol–water partition coefficient (Wildman–Crippen LogP) is 1.46. The van der Waals surface area contributed by atoms with Crippen molar-refractivity contribution in [1.82, 2.24) is 9.97 Å². The number of aromatic nitrogens is 2. The van der Waals surface area contributed by atoms with Gasteiger partial charge in [0.2, 0.25) is 0 Å². The molecule has 3 N–H and O–H groups in total. The number of nitrogens with zero attached hydrogens (tertiary/aromatic N) is 2. The van der Waals surface area contributed by atoms with Crippen molar-refractivity contribution in [3.8, 4) is 0 Å². The van der Waals surface area contributed by atoms with E-state index in [-0.39, 0.29) is 6.04 Å². The molecule has 0 amide bonds. The Labute approximate surface area is 101 Å². The Bertz CT molecular complexity index is 388. The van der Waals surface area contributed by atoms with E-state index < -0.39 is 0 Å². The van der Waals surface area contributed by atoms with Crippen LogP contribution in [0.1, 0.15) is 5.56 Å². The number of nitrogens with two attached hydrogens (primary N) is 1. The summed E-state index contributed by atoms with van der Waals surface area (Å²) in [6.45, 7) is 0.568. The molecule has 1 atom stereocenters. The van der Waals surface area contributed by atoms with Crippen molar-refractivity contribution in [1.29, 1.82) is 0 Å². The molecule has 0 aliphatic rings. The third kappa shape index (κ3) is 3.53. The molecule has 0 saturated carbocycles. The monoisotopic (exact) mass is 228 g/mol. The molecule has 2 rings (SSSR count). The third-order valence-corrected chi connectivity index (χ3v) is 2.54. The van der Waals surface area contributed by atoms with Crippen LogP contribution in [0, 0.1) is 0 Å². The number of nitrogens with one attached hydrogen (secondary N) is 1. The summed E-state index contributed by atoms with van der Waals surface area (Å²) in [6, 6.07) is 12.3. The summed E-state index contributed by atoms with van der Waals surface area (Å²) in [7, 11) is 0. The minimum atomic E-state index is 0.187. The Morgan fingerprint density at radius 1 is 1.18 bits per heavy atom. The maximum atomic E-state index is 5.76. The highest BCUT2D eigenvalue weighted by molar-refractivity contribution is 5.34. The van der Waals surface area contributed by atoms with Crippen molar-refractivity contribution in [2.75, 3.05) is 11.9 Å². The minimum absolute atomic E-state index is 0.187. The Balaban J connectivity index is 1.98. The standard InChI is InChI=1S/C13H16N4/c14-9-12(8-11-4-2-1-3-5-11)17-13-6-7-15-10-16-13/h1-7,10,12H,8-9,14H2,(H,15,16,17). The van der Waals surface area contributed by atoms with Gasteiger partial charge in [-0.25, -0.2) is 9.97 Å². The second-order valence-electron chi connectivity index (χ2n) is 3.86. The van der Waals surface area contributed by atoms with Gasteiger partial charge in [-0.2, -0.15) is 0 Å². The molecular weight excluding hydrogens is 212 g/mol. The first-order valence-electron chi connectivity index (χ1n) is 5.65. The van der Waals surface area contributed by atoms with Gasteiger partial charge in [0.25, 0.3) is 0 Å². The van der Waals surface area contributed by atoms with E-state index in [4.69, 9.17) is 5.73 Å². The molecule has 1 aromatic heterocycles. The molecule has 0 bridgehead atoms. The van der Waals surface area contributed by atoms with Crippen molar-refractivity contribution >= 4 is 5.82 Å². The maximum Gasteiger partial charge on any atom is 0.129 e. The quantitative estimate of drug-likeness (QED) is 0.813. The molecule has 0 saturated heterocycles. The number of anilines is 1. The fraction of sp³-hybridized carbons (Fsp3) is 0.231. The average molecular weight is 228 g/mol. The lowest BCUT2D eigenvalue weighted by molar-refractivity contribution is 0.719. The van der Waals surface area contributed by atoms with Crippen LogP contribution >= 0.6 is 0 Å².